The van der Waals surface area contributed by atoms with Crippen LogP contribution in [-0.2, 0) is 26.1 Å². The first-order valence-electron chi connectivity index (χ1n) is 11.7. The van der Waals surface area contributed by atoms with Crippen LogP contribution < -0.4 is 9.08 Å². The van der Waals surface area contributed by atoms with Gasteiger partial charge < -0.3 is 19.3 Å². The van der Waals surface area contributed by atoms with Crippen LogP contribution in [0.1, 0.15) is 24.0 Å². The molecule has 2 N–H and O–H groups in total. The number of hydrogen-bond acceptors (Lipinski definition) is 9. The lowest BCUT2D eigenvalue weighted by atomic mass is 9.61. The van der Waals surface area contributed by atoms with E-state index in [1.165, 1.54) is 18.2 Å². The maximum Gasteiger partial charge on any atom is 0.339 e. The second kappa shape index (κ2) is 8.78. The number of carbonyl (C=O) groups is 2. The van der Waals surface area contributed by atoms with Gasteiger partial charge in [0.05, 0.1) is 11.5 Å². The molecule has 3 unspecified atom stereocenters. The van der Waals surface area contributed by atoms with E-state index < -0.39 is 56.5 Å². The van der Waals surface area contributed by atoms with Crippen LogP contribution in [0.15, 0.2) is 64.3 Å². The van der Waals surface area contributed by atoms with Gasteiger partial charge in [-0.2, -0.15) is 13.7 Å². The normalized spacial score (nSPS) is 23.1. The van der Waals surface area contributed by atoms with Gasteiger partial charge >= 0.3 is 10.1 Å². The van der Waals surface area contributed by atoms with E-state index in [2.05, 4.69) is 0 Å². The Morgan fingerprint density at radius 2 is 1.76 bits per heavy atom. The quantitative estimate of drug-likeness (QED) is 0.579. The number of ketones is 2. The summed E-state index contributed by atoms with van der Waals surface area (Å²) in [4.78, 5) is 27.7. The Balaban J connectivity index is 1.67. The smallest absolute Gasteiger partial charge is 0.339 e. The molecule has 3 aliphatic rings. The summed E-state index contributed by atoms with van der Waals surface area (Å²) in [5, 5.41) is 31.4. The van der Waals surface area contributed by atoms with Crippen LogP contribution in [0.4, 0.5) is 5.69 Å². The molecule has 3 aliphatic carbocycles. The second-order valence-corrected chi connectivity index (χ2v) is 11.2. The van der Waals surface area contributed by atoms with Crippen molar-refractivity contribution in [2.24, 2.45) is 17.8 Å². The van der Waals surface area contributed by atoms with E-state index in [4.69, 9.17) is 4.18 Å². The van der Waals surface area contributed by atoms with Crippen LogP contribution in [0.3, 0.4) is 0 Å². The van der Waals surface area contributed by atoms with Gasteiger partial charge in [0.1, 0.15) is 28.1 Å². The predicted octanol–water partition coefficient (Wildman–Crippen LogP) is 3.48. The minimum atomic E-state index is -4.24. The number of rotatable bonds is 4. The van der Waals surface area contributed by atoms with E-state index in [1.54, 1.807) is 44.4 Å². The summed E-state index contributed by atoms with van der Waals surface area (Å²) in [7, 11) is -0.630. The number of aliphatic hydroxyl groups excluding tert-OH is 2. The van der Waals surface area contributed by atoms with Crippen LogP contribution in [-0.4, -0.2) is 44.3 Å². The monoisotopic (exact) mass is 520 g/mol. The zero-order chi connectivity index (χ0) is 26.6. The Hall–Kier alpha value is -4.10. The molecule has 1 saturated carbocycles. The fraction of sp³-hybridized carbons (Fsp3) is 0.296. The third-order valence-electron chi connectivity index (χ3n) is 7.31. The van der Waals surface area contributed by atoms with E-state index in [9.17, 15) is 33.5 Å². The first-order valence-corrected chi connectivity index (χ1v) is 13.1. The molecule has 0 aliphatic heterocycles. The van der Waals surface area contributed by atoms with Gasteiger partial charge in [0, 0.05) is 31.8 Å². The van der Waals surface area contributed by atoms with Crippen molar-refractivity contribution >= 4 is 33.1 Å². The molecule has 10 heteroatoms. The Labute approximate surface area is 214 Å². The lowest BCUT2D eigenvalue weighted by Crippen LogP contribution is -2.43. The third kappa shape index (κ3) is 3.86. The maximum absolute atomic E-state index is 13.6. The van der Waals surface area contributed by atoms with Crippen molar-refractivity contribution < 1.29 is 32.4 Å². The Morgan fingerprint density at radius 3 is 2.41 bits per heavy atom. The van der Waals surface area contributed by atoms with Crippen molar-refractivity contribution in [2.75, 3.05) is 19.0 Å². The molecule has 0 heterocycles. The van der Waals surface area contributed by atoms with Crippen molar-refractivity contribution in [3.05, 3.63) is 70.5 Å². The molecule has 9 nitrogen and oxygen atoms in total. The van der Waals surface area contributed by atoms with Gasteiger partial charge in [-0.15, -0.1) is 0 Å². The average molecular weight is 521 g/mol. The van der Waals surface area contributed by atoms with Crippen molar-refractivity contribution in [1.29, 1.82) is 5.26 Å². The molecule has 0 spiro atoms. The Morgan fingerprint density at radius 1 is 1.05 bits per heavy atom. The molecular weight excluding hydrogens is 496 g/mol. The van der Waals surface area contributed by atoms with Crippen molar-refractivity contribution in [1.82, 2.24) is 0 Å². The highest BCUT2D eigenvalue weighted by atomic mass is 32.2. The lowest BCUT2D eigenvalue weighted by Gasteiger charge is -2.41. The van der Waals surface area contributed by atoms with E-state index in [-0.39, 0.29) is 28.2 Å². The molecule has 0 amide bonds. The van der Waals surface area contributed by atoms with Crippen LogP contribution in [0.25, 0.3) is 5.76 Å². The van der Waals surface area contributed by atoms with Crippen molar-refractivity contribution in [2.45, 2.75) is 24.2 Å². The number of benzene rings is 2. The molecule has 0 bridgehead atoms. The molecular formula is C27H24N2O7S. The molecule has 2 aromatic carbocycles. The highest BCUT2D eigenvalue weighted by Gasteiger charge is 2.50. The molecule has 3 atom stereocenters. The van der Waals surface area contributed by atoms with Gasteiger partial charge in [-0.25, -0.2) is 0 Å². The summed E-state index contributed by atoms with van der Waals surface area (Å²) < 4.78 is 31.5. The van der Waals surface area contributed by atoms with Gasteiger partial charge in [-0.3, -0.25) is 9.59 Å². The third-order valence-corrected chi connectivity index (χ3v) is 8.56. The Kier molecular flexibility index (Phi) is 5.83. The molecule has 2 aromatic rings. The summed E-state index contributed by atoms with van der Waals surface area (Å²) in [6, 6.07) is 12.4. The van der Waals surface area contributed by atoms with Crippen LogP contribution >= 0.6 is 0 Å². The maximum atomic E-state index is 13.6. The number of aliphatic hydroxyl groups is 2. The number of hydrogen-bond donors (Lipinski definition) is 2. The largest absolute Gasteiger partial charge is 0.510 e. The molecule has 5 rings (SSSR count). The fourth-order valence-electron chi connectivity index (χ4n) is 5.71. The number of anilines is 1. The van der Waals surface area contributed by atoms with E-state index in [0.717, 1.165) is 0 Å². The molecule has 37 heavy (non-hydrogen) atoms. The number of nitrogens with zero attached hydrogens (tertiary/aromatic N) is 2. The summed E-state index contributed by atoms with van der Waals surface area (Å²) >= 11 is 0. The van der Waals surface area contributed by atoms with E-state index in [0.29, 0.717) is 24.1 Å². The topological polar surface area (TPSA) is 145 Å². The summed E-state index contributed by atoms with van der Waals surface area (Å²) in [5.41, 5.74) is 1.04. The average Bonchev–Trinajstić information content (AvgIpc) is 2.84. The van der Waals surface area contributed by atoms with Gasteiger partial charge in [-0.05, 0) is 54.5 Å². The first kappa shape index (κ1) is 24.6. The number of carbonyl (C=O) groups excluding carboxylic acids is 2. The summed E-state index contributed by atoms with van der Waals surface area (Å²) in [6.07, 6.45) is 0.591. The van der Waals surface area contributed by atoms with Gasteiger partial charge in [0.25, 0.3) is 0 Å². The molecule has 0 aromatic heterocycles. The summed E-state index contributed by atoms with van der Waals surface area (Å²) in [5.74, 6) is -4.25. The van der Waals surface area contributed by atoms with Crippen LogP contribution in [0.2, 0.25) is 0 Å². The first-order chi connectivity index (χ1) is 17.5. The van der Waals surface area contributed by atoms with Crippen LogP contribution in [0, 0.1) is 29.1 Å². The minimum absolute atomic E-state index is 0.0419. The lowest BCUT2D eigenvalue weighted by molar-refractivity contribution is -0.126. The van der Waals surface area contributed by atoms with Crippen molar-refractivity contribution in [3.63, 3.8) is 0 Å². The summed E-state index contributed by atoms with van der Waals surface area (Å²) in [6.45, 7) is 0. The van der Waals surface area contributed by atoms with Crippen LogP contribution in [0.5, 0.6) is 5.75 Å². The zero-order valence-corrected chi connectivity index (χ0v) is 20.9. The number of Topliss-reactive ketones (excluding diaryl/α,β-unsaturated/α-hetero) is 2. The fourth-order valence-corrected chi connectivity index (χ4v) is 6.67. The number of fused-ring (bicyclic) bond motifs is 3. The zero-order valence-electron chi connectivity index (χ0n) is 20.1. The van der Waals surface area contributed by atoms with Gasteiger partial charge in [-0.1, -0.05) is 18.2 Å². The highest BCUT2D eigenvalue weighted by Crippen LogP contribution is 2.51. The molecule has 190 valence electrons. The van der Waals surface area contributed by atoms with E-state index >= 15 is 0 Å². The molecule has 0 radical (unpaired) electrons. The van der Waals surface area contributed by atoms with Crippen molar-refractivity contribution in [3.8, 4) is 11.8 Å². The number of allylic oxidation sites excluding steroid dienone is 3. The number of nitriles is 1. The predicted molar refractivity (Wildman–Crippen MR) is 133 cm³/mol. The SMILES string of the molecule is CN(C)c1ccc(OS(=O)(=O)c2ccccc2)c2c1CC1CC3CC(=O)C(C#N)=C(O)C3C(=O)C1=C2O. The molecule has 1 fully saturated rings. The standard InChI is InChI=1S/C27H24N2O7S/c1-29(2)19-8-9-21(36-37(34,35)16-6-4-3-5-7-16)24-17(19)11-14-10-15-12-20(30)18(13-28)25(31)22(15)26(32)23(14)27(24)33/h3-9,14-15,22,31,33H,10-12H2,1-2H3. The molecule has 0 saturated heterocycles. The second-order valence-electron chi connectivity index (χ2n) is 9.68. The van der Waals surface area contributed by atoms with E-state index in [1.807, 2.05) is 4.90 Å². The Bertz CT molecular complexity index is 1550. The van der Waals surface area contributed by atoms with Gasteiger partial charge in [0.2, 0.25) is 0 Å². The minimum Gasteiger partial charge on any atom is -0.510 e. The highest BCUT2D eigenvalue weighted by molar-refractivity contribution is 7.87. The van der Waals surface area contributed by atoms with Gasteiger partial charge in [0.15, 0.2) is 17.3 Å².